The number of halogens is 1. The summed E-state index contributed by atoms with van der Waals surface area (Å²) < 4.78 is 15.3. The smallest absolute Gasteiger partial charge is 0.115 e. The highest BCUT2D eigenvalue weighted by atomic mass is 19.1. The highest BCUT2D eigenvalue weighted by Crippen LogP contribution is 2.47. The van der Waals surface area contributed by atoms with Crippen LogP contribution in [0.3, 0.4) is 0 Å². The first kappa shape index (κ1) is 16.6. The van der Waals surface area contributed by atoms with E-state index in [2.05, 4.69) is 4.90 Å². The Morgan fingerprint density at radius 3 is 2.20 bits per heavy atom. The zero-order chi connectivity index (χ0) is 17.3. The molecule has 2 fully saturated rings. The van der Waals surface area contributed by atoms with Gasteiger partial charge in [-0.15, -0.1) is 0 Å². The van der Waals surface area contributed by atoms with Gasteiger partial charge in [-0.3, -0.25) is 0 Å². The van der Waals surface area contributed by atoms with Crippen LogP contribution in [-0.4, -0.2) is 35.3 Å². The average molecular weight is 339 g/mol. The minimum Gasteiger partial charge on any atom is -0.508 e. The summed E-state index contributed by atoms with van der Waals surface area (Å²) in [5.41, 5.74) is 1.35. The first-order valence-corrected chi connectivity index (χ1v) is 9.33. The lowest BCUT2D eigenvalue weighted by atomic mass is 9.93. The second-order valence-electron chi connectivity index (χ2n) is 7.92. The molecule has 2 aromatic rings. The Hall–Kier alpha value is -1.87. The lowest BCUT2D eigenvalue weighted by molar-refractivity contribution is 0.147. The summed E-state index contributed by atoms with van der Waals surface area (Å²) in [6.07, 6.45) is 2.98. The SMILES string of the molecule is Oc1ccc(CCN2CC3CC(F)(Cc4ccccc4)CC3C2)cc1. The molecule has 0 amide bonds. The van der Waals surface area contributed by atoms with Gasteiger partial charge in [-0.25, -0.2) is 4.39 Å². The zero-order valence-electron chi connectivity index (χ0n) is 14.6. The number of rotatable bonds is 5. The van der Waals surface area contributed by atoms with Gasteiger partial charge in [-0.05, 0) is 54.4 Å². The summed E-state index contributed by atoms with van der Waals surface area (Å²) in [6.45, 7) is 3.09. The second-order valence-corrected chi connectivity index (χ2v) is 7.92. The van der Waals surface area contributed by atoms with Gasteiger partial charge < -0.3 is 10.0 Å². The molecule has 132 valence electrons. The molecule has 2 nitrogen and oxygen atoms in total. The van der Waals surface area contributed by atoms with E-state index in [-0.39, 0.29) is 0 Å². The van der Waals surface area contributed by atoms with Crippen molar-refractivity contribution < 1.29 is 9.50 Å². The number of likely N-dealkylation sites (tertiary alicyclic amines) is 1. The molecule has 2 aromatic carbocycles. The maximum absolute atomic E-state index is 15.3. The van der Waals surface area contributed by atoms with Gasteiger partial charge in [0.05, 0.1) is 0 Å². The Labute approximate surface area is 149 Å². The van der Waals surface area contributed by atoms with E-state index in [0.29, 0.717) is 36.8 Å². The summed E-state index contributed by atoms with van der Waals surface area (Å²) in [5.74, 6) is 1.33. The summed E-state index contributed by atoms with van der Waals surface area (Å²) in [7, 11) is 0. The molecule has 25 heavy (non-hydrogen) atoms. The molecule has 2 atom stereocenters. The van der Waals surface area contributed by atoms with Crippen molar-refractivity contribution in [3.05, 3.63) is 65.7 Å². The third kappa shape index (κ3) is 3.87. The van der Waals surface area contributed by atoms with Gasteiger partial charge in [0.2, 0.25) is 0 Å². The van der Waals surface area contributed by atoms with Gasteiger partial charge in [0.15, 0.2) is 0 Å². The Morgan fingerprint density at radius 1 is 0.920 bits per heavy atom. The molecular formula is C22H26FNO. The van der Waals surface area contributed by atoms with E-state index in [4.69, 9.17) is 0 Å². The summed E-state index contributed by atoms with van der Waals surface area (Å²) >= 11 is 0. The minimum absolute atomic E-state index is 0.317. The van der Waals surface area contributed by atoms with Crippen LogP contribution in [0.2, 0.25) is 0 Å². The molecule has 1 heterocycles. The van der Waals surface area contributed by atoms with Crippen molar-refractivity contribution >= 4 is 0 Å². The molecule has 3 heteroatoms. The minimum atomic E-state index is -1.01. The summed E-state index contributed by atoms with van der Waals surface area (Å²) in [6, 6.07) is 17.5. The number of phenols is 1. The van der Waals surface area contributed by atoms with Crippen molar-refractivity contribution in [2.75, 3.05) is 19.6 Å². The third-order valence-corrected chi connectivity index (χ3v) is 5.92. The van der Waals surface area contributed by atoms with Crippen molar-refractivity contribution in [3.63, 3.8) is 0 Å². The van der Waals surface area contributed by atoms with Crippen LogP contribution in [0.25, 0.3) is 0 Å². The zero-order valence-corrected chi connectivity index (χ0v) is 14.6. The van der Waals surface area contributed by atoms with Gasteiger partial charge in [0.25, 0.3) is 0 Å². The number of hydrogen-bond donors (Lipinski definition) is 1. The number of alkyl halides is 1. The van der Waals surface area contributed by atoms with Crippen LogP contribution in [0.4, 0.5) is 4.39 Å². The first-order chi connectivity index (χ1) is 12.1. The van der Waals surface area contributed by atoms with Crippen LogP contribution in [0.1, 0.15) is 24.0 Å². The van der Waals surface area contributed by atoms with Gasteiger partial charge in [0, 0.05) is 26.1 Å². The van der Waals surface area contributed by atoms with Crippen LogP contribution in [0.5, 0.6) is 5.75 Å². The van der Waals surface area contributed by atoms with Crippen molar-refractivity contribution in [1.82, 2.24) is 4.90 Å². The maximum atomic E-state index is 15.3. The molecule has 0 spiro atoms. The molecule has 1 aliphatic heterocycles. The molecular weight excluding hydrogens is 313 g/mol. The average Bonchev–Trinajstić information content (AvgIpc) is 3.09. The molecule has 1 N–H and O–H groups in total. The van der Waals surface area contributed by atoms with Crippen molar-refractivity contribution in [3.8, 4) is 5.75 Å². The Kier molecular flexibility index (Phi) is 4.51. The van der Waals surface area contributed by atoms with Crippen LogP contribution in [0.15, 0.2) is 54.6 Å². The second kappa shape index (κ2) is 6.80. The van der Waals surface area contributed by atoms with Gasteiger partial charge >= 0.3 is 0 Å². The lowest BCUT2D eigenvalue weighted by Gasteiger charge is -2.24. The standard InChI is InChI=1S/C22H26FNO/c23-22(12-18-4-2-1-3-5-18)13-19-15-24(16-20(19)14-22)11-10-17-6-8-21(25)9-7-17/h1-9,19-20,25H,10-16H2. The largest absolute Gasteiger partial charge is 0.508 e. The fourth-order valence-corrected chi connectivity index (χ4v) is 4.76. The van der Waals surface area contributed by atoms with Crippen molar-refractivity contribution in [1.29, 1.82) is 0 Å². The Morgan fingerprint density at radius 2 is 1.56 bits per heavy atom. The van der Waals surface area contributed by atoms with Crippen LogP contribution in [0, 0.1) is 11.8 Å². The number of nitrogens with zero attached hydrogens (tertiary/aromatic N) is 1. The predicted octanol–water partition coefficient (Wildman–Crippen LogP) is 4.23. The lowest BCUT2D eigenvalue weighted by Crippen LogP contribution is -2.29. The molecule has 1 saturated carbocycles. The summed E-state index contributed by atoms with van der Waals surface area (Å²) in [5, 5.41) is 9.35. The Bertz CT molecular complexity index is 686. The van der Waals surface area contributed by atoms with Gasteiger partial charge in [-0.2, -0.15) is 0 Å². The molecule has 1 aliphatic carbocycles. The molecule has 0 radical (unpaired) electrons. The van der Waals surface area contributed by atoms with E-state index >= 15 is 4.39 Å². The maximum Gasteiger partial charge on any atom is 0.115 e. The monoisotopic (exact) mass is 339 g/mol. The van der Waals surface area contributed by atoms with E-state index in [1.807, 2.05) is 42.5 Å². The molecule has 0 aromatic heterocycles. The molecule has 2 aliphatic rings. The number of phenolic OH excluding ortho intramolecular Hbond substituents is 1. The van der Waals surface area contributed by atoms with Crippen molar-refractivity contribution in [2.24, 2.45) is 11.8 Å². The van der Waals surface area contributed by atoms with Crippen LogP contribution >= 0.6 is 0 Å². The Balaban J connectivity index is 1.29. The molecule has 4 rings (SSSR count). The number of benzene rings is 2. The highest BCUT2D eigenvalue weighted by molar-refractivity contribution is 5.26. The van der Waals surface area contributed by atoms with Crippen molar-refractivity contribution in [2.45, 2.75) is 31.4 Å². The predicted molar refractivity (Wildman–Crippen MR) is 98.4 cm³/mol. The fraction of sp³-hybridized carbons (Fsp3) is 0.455. The van der Waals surface area contributed by atoms with E-state index in [9.17, 15) is 5.11 Å². The third-order valence-electron chi connectivity index (χ3n) is 5.92. The normalized spacial score (nSPS) is 29.0. The molecule has 2 unspecified atom stereocenters. The van der Waals surface area contributed by atoms with Gasteiger partial charge in [0.1, 0.15) is 11.4 Å². The highest BCUT2D eigenvalue weighted by Gasteiger charge is 2.49. The number of aromatic hydroxyl groups is 1. The van der Waals surface area contributed by atoms with Crippen LogP contribution < -0.4 is 0 Å². The fourth-order valence-electron chi connectivity index (χ4n) is 4.76. The molecule has 0 bridgehead atoms. The number of fused-ring (bicyclic) bond motifs is 1. The summed E-state index contributed by atoms with van der Waals surface area (Å²) in [4.78, 5) is 2.49. The first-order valence-electron chi connectivity index (χ1n) is 9.33. The van der Waals surface area contributed by atoms with Crippen LogP contribution in [-0.2, 0) is 12.8 Å². The van der Waals surface area contributed by atoms with E-state index in [0.717, 1.165) is 31.6 Å². The van der Waals surface area contributed by atoms with Gasteiger partial charge in [-0.1, -0.05) is 42.5 Å². The van der Waals surface area contributed by atoms with E-state index in [1.165, 1.54) is 5.56 Å². The molecule has 1 saturated heterocycles. The van der Waals surface area contributed by atoms with E-state index in [1.54, 1.807) is 12.1 Å². The topological polar surface area (TPSA) is 23.5 Å². The quantitative estimate of drug-likeness (QED) is 0.881. The number of hydrogen-bond acceptors (Lipinski definition) is 2. The van der Waals surface area contributed by atoms with E-state index < -0.39 is 5.67 Å².